The van der Waals surface area contributed by atoms with Crippen molar-refractivity contribution in [2.45, 2.75) is 13.1 Å². The van der Waals surface area contributed by atoms with Crippen molar-refractivity contribution in [1.29, 1.82) is 0 Å². The third-order valence-corrected chi connectivity index (χ3v) is 6.10. The molecular formula is C27H28F3N7O3. The number of rotatable bonds is 7. The Bertz CT molecular complexity index is 1360. The van der Waals surface area contributed by atoms with Crippen molar-refractivity contribution < 1.29 is 27.6 Å². The molecule has 0 radical (unpaired) electrons. The molecule has 3 amide bonds. The number of nitrogens with zero attached hydrogens (tertiary/aromatic N) is 4. The lowest BCUT2D eigenvalue weighted by Crippen LogP contribution is -2.51. The molecule has 3 aromatic rings. The van der Waals surface area contributed by atoms with Gasteiger partial charge in [0, 0.05) is 63.5 Å². The van der Waals surface area contributed by atoms with Crippen LogP contribution in [0.2, 0.25) is 0 Å². The Morgan fingerprint density at radius 3 is 2.25 bits per heavy atom. The molecule has 40 heavy (non-hydrogen) atoms. The highest BCUT2D eigenvalue weighted by atomic mass is 19.4. The molecule has 210 valence electrons. The fourth-order valence-electron chi connectivity index (χ4n) is 4.11. The van der Waals surface area contributed by atoms with Crippen LogP contribution in [-0.2, 0) is 20.6 Å². The lowest BCUT2D eigenvalue weighted by atomic mass is 10.1. The lowest BCUT2D eigenvalue weighted by Gasteiger charge is -2.36. The molecule has 13 heteroatoms. The van der Waals surface area contributed by atoms with Gasteiger partial charge in [0.2, 0.25) is 5.91 Å². The first kappa shape index (κ1) is 28.3. The maximum Gasteiger partial charge on any atom is 0.416 e. The van der Waals surface area contributed by atoms with E-state index in [0.717, 1.165) is 12.1 Å². The van der Waals surface area contributed by atoms with Crippen LogP contribution in [0.4, 0.5) is 30.5 Å². The molecule has 0 bridgehead atoms. The summed E-state index contributed by atoms with van der Waals surface area (Å²) in [7, 11) is 0. The standard InChI is InChI=1S/C27H28F3N7O3/c1-18(38)31-10-11-32-22-17-23(34-24(33-22)19-6-3-2-4-7-19)35-25(39)26(40)37-14-12-36(13-15-37)21-9-5-8-20(16-21)27(28,29)30/h2-9,16-17H,10-15H2,1H3,(H,31,38)(H2,32,33,34,35,39). The van der Waals surface area contributed by atoms with Gasteiger partial charge in [-0.2, -0.15) is 13.2 Å². The van der Waals surface area contributed by atoms with E-state index in [4.69, 9.17) is 0 Å². The fraction of sp³-hybridized carbons (Fsp3) is 0.296. The second-order valence-electron chi connectivity index (χ2n) is 9.02. The first-order valence-electron chi connectivity index (χ1n) is 12.6. The number of benzene rings is 2. The smallest absolute Gasteiger partial charge is 0.368 e. The topological polar surface area (TPSA) is 120 Å². The van der Waals surface area contributed by atoms with Crippen LogP contribution < -0.4 is 20.9 Å². The predicted octanol–water partition coefficient (Wildman–Crippen LogP) is 3.00. The van der Waals surface area contributed by atoms with Crippen molar-refractivity contribution >= 4 is 35.0 Å². The summed E-state index contributed by atoms with van der Waals surface area (Å²) < 4.78 is 39.2. The largest absolute Gasteiger partial charge is 0.416 e. The molecule has 0 aliphatic carbocycles. The molecule has 1 saturated heterocycles. The number of halogens is 3. The summed E-state index contributed by atoms with van der Waals surface area (Å²) >= 11 is 0. The second-order valence-corrected chi connectivity index (χ2v) is 9.02. The third-order valence-electron chi connectivity index (χ3n) is 6.10. The number of hydrogen-bond donors (Lipinski definition) is 3. The van der Waals surface area contributed by atoms with E-state index in [0.29, 0.717) is 36.0 Å². The summed E-state index contributed by atoms with van der Waals surface area (Å²) in [6.07, 6.45) is -4.45. The van der Waals surface area contributed by atoms with Gasteiger partial charge in [0.15, 0.2) is 5.82 Å². The average Bonchev–Trinajstić information content (AvgIpc) is 2.95. The number of piperazine rings is 1. The molecule has 1 aromatic heterocycles. The van der Waals surface area contributed by atoms with Gasteiger partial charge in [-0.15, -0.1) is 0 Å². The van der Waals surface area contributed by atoms with E-state index in [1.807, 2.05) is 18.2 Å². The zero-order chi connectivity index (χ0) is 28.7. The van der Waals surface area contributed by atoms with E-state index in [1.54, 1.807) is 23.1 Å². The molecule has 4 rings (SSSR count). The van der Waals surface area contributed by atoms with Crippen molar-refractivity contribution in [3.05, 3.63) is 66.2 Å². The Morgan fingerprint density at radius 1 is 0.875 bits per heavy atom. The SMILES string of the molecule is CC(=O)NCCNc1cc(NC(=O)C(=O)N2CCN(c3cccc(C(F)(F)F)c3)CC2)nc(-c2ccccc2)n1. The molecule has 10 nitrogen and oxygen atoms in total. The first-order valence-corrected chi connectivity index (χ1v) is 12.6. The molecule has 2 aromatic carbocycles. The minimum Gasteiger partial charge on any atom is -0.368 e. The van der Waals surface area contributed by atoms with Crippen LogP contribution in [-0.4, -0.2) is 71.9 Å². The van der Waals surface area contributed by atoms with E-state index in [9.17, 15) is 27.6 Å². The normalized spacial score (nSPS) is 13.5. The third kappa shape index (κ3) is 7.46. The number of carbonyl (C=O) groups excluding carboxylic acids is 3. The van der Waals surface area contributed by atoms with Gasteiger partial charge in [-0.05, 0) is 18.2 Å². The van der Waals surface area contributed by atoms with Crippen molar-refractivity contribution in [3.63, 3.8) is 0 Å². The van der Waals surface area contributed by atoms with Gasteiger partial charge in [0.05, 0.1) is 5.56 Å². The summed E-state index contributed by atoms with van der Waals surface area (Å²) in [5, 5.41) is 8.26. The average molecular weight is 556 g/mol. The van der Waals surface area contributed by atoms with Crippen LogP contribution in [0.15, 0.2) is 60.7 Å². The van der Waals surface area contributed by atoms with Crippen LogP contribution in [0, 0.1) is 0 Å². The number of anilines is 3. The highest BCUT2D eigenvalue weighted by Gasteiger charge is 2.32. The molecule has 3 N–H and O–H groups in total. The molecule has 1 fully saturated rings. The number of aromatic nitrogens is 2. The molecule has 1 aliphatic heterocycles. The van der Waals surface area contributed by atoms with Crippen molar-refractivity contribution in [3.8, 4) is 11.4 Å². The summed E-state index contributed by atoms with van der Waals surface area (Å²) in [5.41, 5.74) is 0.353. The molecule has 0 saturated carbocycles. The van der Waals surface area contributed by atoms with Crippen molar-refractivity contribution in [2.75, 3.05) is 54.8 Å². The highest BCUT2D eigenvalue weighted by molar-refractivity contribution is 6.39. The van der Waals surface area contributed by atoms with Crippen LogP contribution in [0.5, 0.6) is 0 Å². The van der Waals surface area contributed by atoms with Gasteiger partial charge in [-0.1, -0.05) is 36.4 Å². The van der Waals surface area contributed by atoms with Crippen LogP contribution >= 0.6 is 0 Å². The first-order chi connectivity index (χ1) is 19.1. The number of alkyl halides is 3. The molecule has 2 heterocycles. The van der Waals surface area contributed by atoms with Crippen molar-refractivity contribution in [2.24, 2.45) is 0 Å². The molecule has 0 spiro atoms. The quantitative estimate of drug-likeness (QED) is 0.303. The van der Waals surface area contributed by atoms with Gasteiger partial charge < -0.3 is 25.8 Å². The predicted molar refractivity (Wildman–Crippen MR) is 144 cm³/mol. The molecule has 0 unspecified atom stereocenters. The monoisotopic (exact) mass is 555 g/mol. The molecular weight excluding hydrogens is 527 g/mol. The summed E-state index contributed by atoms with van der Waals surface area (Å²) in [4.78, 5) is 48.8. The van der Waals surface area contributed by atoms with E-state index < -0.39 is 23.6 Å². The van der Waals surface area contributed by atoms with Gasteiger partial charge in [0.25, 0.3) is 0 Å². The number of hydrogen-bond acceptors (Lipinski definition) is 7. The van der Waals surface area contributed by atoms with E-state index in [1.165, 1.54) is 24.0 Å². The van der Waals surface area contributed by atoms with Crippen LogP contribution in [0.25, 0.3) is 11.4 Å². The van der Waals surface area contributed by atoms with E-state index in [2.05, 4.69) is 25.9 Å². The van der Waals surface area contributed by atoms with Crippen molar-refractivity contribution in [1.82, 2.24) is 20.2 Å². The Balaban J connectivity index is 1.41. The Morgan fingerprint density at radius 2 is 1.57 bits per heavy atom. The van der Waals surface area contributed by atoms with E-state index >= 15 is 0 Å². The Hall–Kier alpha value is -4.68. The number of nitrogens with one attached hydrogen (secondary N) is 3. The summed E-state index contributed by atoms with van der Waals surface area (Å²) in [6.45, 7) is 3.01. The minimum absolute atomic E-state index is 0.108. The number of amides is 3. The zero-order valence-electron chi connectivity index (χ0n) is 21.7. The Kier molecular flexibility index (Phi) is 8.82. The maximum absolute atomic E-state index is 13.1. The van der Waals surface area contributed by atoms with Gasteiger partial charge in [0.1, 0.15) is 11.6 Å². The van der Waals surface area contributed by atoms with Crippen LogP contribution in [0.1, 0.15) is 12.5 Å². The van der Waals surface area contributed by atoms with Gasteiger partial charge in [-0.25, -0.2) is 9.97 Å². The van der Waals surface area contributed by atoms with E-state index in [-0.39, 0.29) is 37.9 Å². The zero-order valence-corrected chi connectivity index (χ0v) is 21.7. The maximum atomic E-state index is 13.1. The molecule has 0 atom stereocenters. The summed E-state index contributed by atoms with van der Waals surface area (Å²) in [5.74, 6) is -1.02. The second kappa shape index (κ2) is 12.5. The highest BCUT2D eigenvalue weighted by Crippen LogP contribution is 2.32. The Labute approximate surface area is 228 Å². The van der Waals surface area contributed by atoms with Gasteiger partial charge >= 0.3 is 18.0 Å². The van der Waals surface area contributed by atoms with Gasteiger partial charge in [-0.3, -0.25) is 14.4 Å². The summed E-state index contributed by atoms with van der Waals surface area (Å²) in [6, 6.07) is 15.6. The molecule has 1 aliphatic rings. The fourth-order valence-corrected chi connectivity index (χ4v) is 4.11. The minimum atomic E-state index is -4.45. The number of carbonyl (C=O) groups is 3. The van der Waals surface area contributed by atoms with Crippen LogP contribution in [0.3, 0.4) is 0 Å². The lowest BCUT2D eigenvalue weighted by molar-refractivity contribution is -0.143.